The number of pyridine rings is 1. The van der Waals surface area contributed by atoms with Gasteiger partial charge in [0.1, 0.15) is 23.0 Å². The molecule has 0 aliphatic carbocycles. The molecule has 5 heteroatoms. The van der Waals surface area contributed by atoms with E-state index in [1.807, 2.05) is 6.20 Å². The van der Waals surface area contributed by atoms with Gasteiger partial charge in [0.25, 0.3) is 0 Å². The lowest BCUT2D eigenvalue weighted by atomic mass is 9.86. The van der Waals surface area contributed by atoms with Crippen molar-refractivity contribution in [3.05, 3.63) is 121 Å². The van der Waals surface area contributed by atoms with Crippen LogP contribution < -0.4 is 13.7 Å². The smallest absolute Gasteiger partial charge is 0.181 e. The van der Waals surface area contributed by atoms with Gasteiger partial charge in [-0.2, -0.15) is 0 Å². The van der Waals surface area contributed by atoms with E-state index in [4.69, 9.17) is 9.72 Å². The first-order chi connectivity index (χ1) is 21.4. The lowest BCUT2D eigenvalue weighted by Gasteiger charge is -2.54. The molecule has 2 bridgehead atoms. The predicted octanol–water partition coefficient (Wildman–Crippen LogP) is 10.2. The average Bonchev–Trinajstić information content (AvgIpc) is 3.55. The van der Waals surface area contributed by atoms with Gasteiger partial charge in [-0.15, -0.1) is 0 Å². The van der Waals surface area contributed by atoms with Crippen LogP contribution in [0.3, 0.4) is 0 Å². The molecular formula is C40H41N4O+. The van der Waals surface area contributed by atoms with Gasteiger partial charge in [-0.25, -0.2) is 4.98 Å². The second-order valence-corrected chi connectivity index (χ2v) is 15.1. The molecule has 0 amide bonds. The van der Waals surface area contributed by atoms with E-state index in [0.29, 0.717) is 0 Å². The van der Waals surface area contributed by atoms with Crippen LogP contribution in [0.5, 0.6) is 11.5 Å². The number of hydrogen-bond donors (Lipinski definition) is 0. The van der Waals surface area contributed by atoms with Crippen molar-refractivity contribution in [3.63, 3.8) is 0 Å². The Balaban J connectivity index is 1.19. The van der Waals surface area contributed by atoms with E-state index in [-0.39, 0.29) is 10.8 Å². The highest BCUT2D eigenvalue weighted by molar-refractivity contribution is 6.09. The zero-order chi connectivity index (χ0) is 31.4. The molecule has 0 N–H and O–H groups in total. The van der Waals surface area contributed by atoms with E-state index in [9.17, 15) is 0 Å². The molecule has 2 aromatic heterocycles. The molecule has 4 aromatic carbocycles. The van der Waals surface area contributed by atoms with Gasteiger partial charge in [0.05, 0.1) is 24.7 Å². The fourth-order valence-electron chi connectivity index (χ4n) is 7.38. The van der Waals surface area contributed by atoms with Gasteiger partial charge < -0.3 is 9.22 Å². The maximum Gasteiger partial charge on any atom is 0.181 e. The highest BCUT2D eigenvalue weighted by Crippen LogP contribution is 2.61. The van der Waals surface area contributed by atoms with E-state index in [2.05, 4.69) is 157 Å². The van der Waals surface area contributed by atoms with E-state index in [1.54, 1.807) is 0 Å². The largest absolute Gasteiger partial charge is 0.457 e. The predicted molar refractivity (Wildman–Crippen MR) is 187 cm³/mol. The molecule has 5 heterocycles. The van der Waals surface area contributed by atoms with E-state index in [0.717, 1.165) is 44.0 Å². The summed E-state index contributed by atoms with van der Waals surface area (Å²) >= 11 is 0. The first-order valence-corrected chi connectivity index (χ1v) is 15.9. The summed E-state index contributed by atoms with van der Waals surface area (Å²) in [5, 5.41) is 2.39. The number of para-hydroxylation sites is 1. The third kappa shape index (κ3) is 4.25. The minimum Gasteiger partial charge on any atom is -0.457 e. The lowest BCUT2D eigenvalue weighted by molar-refractivity contribution is 0.157. The van der Waals surface area contributed by atoms with E-state index in [1.165, 1.54) is 39.0 Å². The van der Waals surface area contributed by atoms with E-state index < -0.39 is 0 Å². The van der Waals surface area contributed by atoms with Gasteiger partial charge in [0.15, 0.2) is 18.0 Å². The summed E-state index contributed by atoms with van der Waals surface area (Å²) in [7, 11) is 2.31. The Kier molecular flexibility index (Phi) is 5.79. The maximum absolute atomic E-state index is 6.64. The molecule has 1 saturated heterocycles. The third-order valence-electron chi connectivity index (χ3n) is 9.79. The molecule has 2 atom stereocenters. The highest BCUT2D eigenvalue weighted by Gasteiger charge is 2.59. The van der Waals surface area contributed by atoms with Crippen LogP contribution >= 0.6 is 0 Å². The number of nitrogens with zero attached hydrogens (tertiary/aromatic N) is 4. The van der Waals surface area contributed by atoms with Crippen LogP contribution in [0, 0.1) is 6.67 Å². The van der Waals surface area contributed by atoms with Crippen molar-refractivity contribution in [2.45, 2.75) is 52.4 Å². The SMILES string of the molecule is CC(C)(C)c1ccnc(-n2c3ccccc3c3ccc(Oc4cccc([N@@+]56[CH-][N@@+](C)(C5)c5ccc(C(C)(C)C)cc56)c4)cc32)c1. The fraction of sp³-hybridized carbons (Fsp3) is 0.250. The topological polar surface area (TPSA) is 27.1 Å². The molecule has 6 aromatic rings. The van der Waals surface area contributed by atoms with E-state index >= 15 is 0 Å². The van der Waals surface area contributed by atoms with Gasteiger partial charge in [-0.3, -0.25) is 9.05 Å². The Hall–Kier alpha value is -4.45. The number of hydrogen-bond acceptors (Lipinski definition) is 2. The molecule has 0 radical (unpaired) electrons. The number of quaternary nitrogens is 2. The number of ether oxygens (including phenoxy) is 1. The molecule has 3 aliphatic heterocycles. The molecule has 9 rings (SSSR count). The average molecular weight is 594 g/mol. The Morgan fingerprint density at radius 3 is 2.18 bits per heavy atom. The lowest BCUT2D eigenvalue weighted by Crippen LogP contribution is -2.68. The monoisotopic (exact) mass is 593 g/mol. The Labute approximate surface area is 266 Å². The summed E-state index contributed by atoms with van der Waals surface area (Å²) in [5.74, 6) is 2.56. The van der Waals surface area contributed by atoms with Crippen molar-refractivity contribution >= 4 is 38.9 Å². The van der Waals surface area contributed by atoms with Gasteiger partial charge >= 0.3 is 0 Å². The van der Waals surface area contributed by atoms with Crippen molar-refractivity contribution in [2.75, 3.05) is 13.7 Å². The number of aromatic nitrogens is 2. The van der Waals surface area contributed by atoms with Gasteiger partial charge in [0, 0.05) is 41.2 Å². The molecule has 0 spiro atoms. The molecule has 5 nitrogen and oxygen atoms in total. The van der Waals surface area contributed by atoms with Crippen LogP contribution in [-0.2, 0) is 10.8 Å². The fourth-order valence-corrected chi connectivity index (χ4v) is 7.38. The summed E-state index contributed by atoms with van der Waals surface area (Å²) in [5.41, 5.74) is 8.95. The minimum atomic E-state index is 0.0239. The molecule has 1 fully saturated rings. The third-order valence-corrected chi connectivity index (χ3v) is 9.79. The zero-order valence-corrected chi connectivity index (χ0v) is 27.3. The molecule has 45 heavy (non-hydrogen) atoms. The standard InChI is InChI=1S/C40H41N4O/c1-39(2,3)27-15-18-36-37(21-27)44(25-43(36,7)26-44)29-11-10-12-30(23-29)45-31-16-17-33-32-13-8-9-14-34(32)42(35(33)24-31)38-22-28(19-20-41-38)40(4,5)6/h8-25H,26H2,1-7H3/q+1/t43-,44+/m0/s1. The summed E-state index contributed by atoms with van der Waals surface area (Å²) in [6.45, 7) is 17.0. The van der Waals surface area contributed by atoms with Crippen LogP contribution in [0.15, 0.2) is 103 Å². The number of fused-ring (bicyclic) bond motifs is 3. The summed E-state index contributed by atoms with van der Waals surface area (Å²) < 4.78 is 10.5. The summed E-state index contributed by atoms with van der Waals surface area (Å²) in [6.07, 6.45) is 1.92. The second kappa shape index (κ2) is 9.29. The Morgan fingerprint density at radius 2 is 1.40 bits per heavy atom. The maximum atomic E-state index is 6.64. The molecule has 0 saturated carbocycles. The van der Waals surface area contributed by atoms with Crippen molar-refractivity contribution in [3.8, 4) is 17.3 Å². The van der Waals surface area contributed by atoms with Crippen LogP contribution in [0.2, 0.25) is 0 Å². The molecule has 0 unspecified atom stereocenters. The van der Waals surface area contributed by atoms with Crippen molar-refractivity contribution in [1.29, 1.82) is 0 Å². The summed E-state index contributed by atoms with van der Waals surface area (Å²) in [6, 6.07) is 35.0. The molecular weight excluding hydrogens is 552 g/mol. The molecule has 3 aliphatic rings. The first-order valence-electron chi connectivity index (χ1n) is 15.9. The van der Waals surface area contributed by atoms with Crippen LogP contribution in [0.25, 0.3) is 27.6 Å². The summed E-state index contributed by atoms with van der Waals surface area (Å²) in [4.78, 5) is 4.84. The van der Waals surface area contributed by atoms with Gasteiger partial charge in [-0.05, 0) is 64.4 Å². The minimum absolute atomic E-state index is 0.0239. The normalized spacial score (nSPS) is 20.8. The van der Waals surface area contributed by atoms with Gasteiger partial charge in [-0.1, -0.05) is 71.9 Å². The second-order valence-electron chi connectivity index (χ2n) is 15.1. The van der Waals surface area contributed by atoms with Crippen molar-refractivity contribution < 1.29 is 4.74 Å². The zero-order valence-electron chi connectivity index (χ0n) is 27.3. The van der Waals surface area contributed by atoms with Gasteiger partial charge in [0.2, 0.25) is 0 Å². The van der Waals surface area contributed by atoms with Crippen LogP contribution in [0.1, 0.15) is 52.7 Å². The van der Waals surface area contributed by atoms with Crippen molar-refractivity contribution in [2.24, 2.45) is 0 Å². The van der Waals surface area contributed by atoms with Crippen LogP contribution in [0.4, 0.5) is 17.1 Å². The molecule has 226 valence electrons. The quantitative estimate of drug-likeness (QED) is 0.150. The Bertz CT molecular complexity index is 2140. The number of rotatable bonds is 4. The highest BCUT2D eigenvalue weighted by atomic mass is 16.5. The first kappa shape index (κ1) is 28.1. The van der Waals surface area contributed by atoms with Crippen LogP contribution in [-0.4, -0.2) is 23.3 Å². The van der Waals surface area contributed by atoms with Crippen molar-refractivity contribution in [1.82, 2.24) is 18.5 Å². The number of benzene rings is 4. The Morgan fingerprint density at radius 1 is 0.689 bits per heavy atom.